The molecule has 1 unspecified atom stereocenters. The number of hydrogen-bond donors (Lipinski definition) is 1. The lowest BCUT2D eigenvalue weighted by Gasteiger charge is -2.17. The molecule has 0 spiro atoms. The standard InChI is InChI=1S/C27H33NO2/c1-21(2)24-11-15-27(16-12-24)30-22(3)20-28-25-13-17-26(18-14-25)29-19-7-10-23-8-5-4-6-9-23/h4-6,8-9,11-18,21-22,28H,7,10,19-20H2,1-3H3. The summed E-state index contributed by atoms with van der Waals surface area (Å²) in [5.74, 6) is 2.35. The van der Waals surface area contributed by atoms with E-state index in [1.165, 1.54) is 11.1 Å². The van der Waals surface area contributed by atoms with E-state index in [1.807, 2.05) is 18.2 Å². The van der Waals surface area contributed by atoms with Gasteiger partial charge in [-0.15, -0.1) is 0 Å². The van der Waals surface area contributed by atoms with Crippen molar-refractivity contribution in [1.29, 1.82) is 0 Å². The molecule has 1 N–H and O–H groups in total. The molecule has 158 valence electrons. The molecule has 0 aromatic heterocycles. The third-order valence-corrected chi connectivity index (χ3v) is 5.05. The van der Waals surface area contributed by atoms with Crippen LogP contribution in [0.15, 0.2) is 78.9 Å². The van der Waals surface area contributed by atoms with E-state index in [9.17, 15) is 0 Å². The molecule has 30 heavy (non-hydrogen) atoms. The normalized spacial score (nSPS) is 11.9. The summed E-state index contributed by atoms with van der Waals surface area (Å²) in [6.45, 7) is 7.94. The van der Waals surface area contributed by atoms with Gasteiger partial charge in [0.15, 0.2) is 0 Å². The zero-order valence-corrected chi connectivity index (χ0v) is 18.3. The Labute approximate surface area is 181 Å². The van der Waals surface area contributed by atoms with Crippen LogP contribution in [-0.2, 0) is 6.42 Å². The summed E-state index contributed by atoms with van der Waals surface area (Å²) in [7, 11) is 0. The van der Waals surface area contributed by atoms with Crippen molar-refractivity contribution in [1.82, 2.24) is 0 Å². The van der Waals surface area contributed by atoms with Gasteiger partial charge in [0.2, 0.25) is 0 Å². The van der Waals surface area contributed by atoms with Crippen LogP contribution in [0.1, 0.15) is 44.2 Å². The third kappa shape index (κ3) is 7.14. The second kappa shape index (κ2) is 11.3. The minimum absolute atomic E-state index is 0.0730. The van der Waals surface area contributed by atoms with Crippen LogP contribution in [0, 0.1) is 0 Å². The quantitative estimate of drug-likeness (QED) is 0.361. The Balaban J connectivity index is 1.36. The molecular formula is C27H33NO2. The highest BCUT2D eigenvalue weighted by Crippen LogP contribution is 2.20. The van der Waals surface area contributed by atoms with Gasteiger partial charge >= 0.3 is 0 Å². The molecule has 3 heteroatoms. The first kappa shape index (κ1) is 21.8. The minimum Gasteiger partial charge on any atom is -0.494 e. The molecule has 3 nitrogen and oxygen atoms in total. The van der Waals surface area contributed by atoms with Gasteiger partial charge in [0.25, 0.3) is 0 Å². The maximum Gasteiger partial charge on any atom is 0.119 e. The van der Waals surface area contributed by atoms with Crippen molar-refractivity contribution >= 4 is 5.69 Å². The maximum atomic E-state index is 6.01. The highest BCUT2D eigenvalue weighted by molar-refractivity contribution is 5.46. The predicted molar refractivity (Wildman–Crippen MR) is 126 cm³/mol. The lowest BCUT2D eigenvalue weighted by atomic mass is 10.0. The smallest absolute Gasteiger partial charge is 0.119 e. The van der Waals surface area contributed by atoms with Crippen LogP contribution >= 0.6 is 0 Å². The fourth-order valence-corrected chi connectivity index (χ4v) is 3.25. The van der Waals surface area contributed by atoms with E-state index in [1.54, 1.807) is 0 Å². The SMILES string of the molecule is CC(CNc1ccc(OCCCc2ccccc2)cc1)Oc1ccc(C(C)C)cc1. The van der Waals surface area contributed by atoms with Crippen LogP contribution in [0.2, 0.25) is 0 Å². The van der Waals surface area contributed by atoms with E-state index in [4.69, 9.17) is 9.47 Å². The number of rotatable bonds is 11. The average Bonchev–Trinajstić information content (AvgIpc) is 2.77. The van der Waals surface area contributed by atoms with E-state index in [0.29, 0.717) is 5.92 Å². The van der Waals surface area contributed by atoms with Crippen molar-refractivity contribution in [3.8, 4) is 11.5 Å². The molecule has 0 heterocycles. The molecule has 1 atom stereocenters. The van der Waals surface area contributed by atoms with Gasteiger partial charge in [-0.05, 0) is 73.2 Å². The van der Waals surface area contributed by atoms with Crippen LogP contribution in [-0.4, -0.2) is 19.3 Å². The van der Waals surface area contributed by atoms with E-state index in [2.05, 4.69) is 86.8 Å². The predicted octanol–water partition coefficient (Wildman–Crippen LogP) is 6.70. The molecule has 0 saturated carbocycles. The van der Waals surface area contributed by atoms with Gasteiger partial charge in [-0.25, -0.2) is 0 Å². The molecule has 0 fully saturated rings. The lowest BCUT2D eigenvalue weighted by Crippen LogP contribution is -2.22. The molecule has 0 aliphatic rings. The van der Waals surface area contributed by atoms with Gasteiger partial charge < -0.3 is 14.8 Å². The van der Waals surface area contributed by atoms with E-state index in [-0.39, 0.29) is 6.10 Å². The van der Waals surface area contributed by atoms with Crippen molar-refractivity contribution in [2.45, 2.75) is 45.6 Å². The highest BCUT2D eigenvalue weighted by Gasteiger charge is 2.06. The Bertz CT molecular complexity index is 858. The van der Waals surface area contributed by atoms with Crippen molar-refractivity contribution in [2.75, 3.05) is 18.5 Å². The molecular weight excluding hydrogens is 370 g/mol. The minimum atomic E-state index is 0.0730. The molecule has 3 rings (SSSR count). The Kier molecular flexibility index (Phi) is 8.20. The van der Waals surface area contributed by atoms with Gasteiger partial charge in [0.05, 0.1) is 13.2 Å². The van der Waals surface area contributed by atoms with Gasteiger partial charge in [0, 0.05) is 5.69 Å². The van der Waals surface area contributed by atoms with E-state index in [0.717, 1.165) is 43.2 Å². The molecule has 0 aliphatic heterocycles. The van der Waals surface area contributed by atoms with Crippen LogP contribution in [0.5, 0.6) is 11.5 Å². The Hall–Kier alpha value is -2.94. The summed E-state index contributed by atoms with van der Waals surface area (Å²) in [5, 5.41) is 3.43. The first-order valence-corrected chi connectivity index (χ1v) is 10.9. The zero-order valence-electron chi connectivity index (χ0n) is 18.3. The van der Waals surface area contributed by atoms with Gasteiger partial charge in [-0.2, -0.15) is 0 Å². The van der Waals surface area contributed by atoms with Gasteiger partial charge in [0.1, 0.15) is 17.6 Å². The first-order valence-electron chi connectivity index (χ1n) is 10.9. The van der Waals surface area contributed by atoms with Crippen molar-refractivity contribution in [3.63, 3.8) is 0 Å². The number of nitrogens with one attached hydrogen (secondary N) is 1. The van der Waals surface area contributed by atoms with Crippen molar-refractivity contribution in [3.05, 3.63) is 90.0 Å². The molecule has 0 aliphatic carbocycles. The number of ether oxygens (including phenoxy) is 2. The molecule has 0 amide bonds. The number of hydrogen-bond acceptors (Lipinski definition) is 3. The average molecular weight is 404 g/mol. The summed E-state index contributed by atoms with van der Waals surface area (Å²) in [6, 6.07) is 27.0. The fourth-order valence-electron chi connectivity index (χ4n) is 3.25. The summed E-state index contributed by atoms with van der Waals surface area (Å²) in [4.78, 5) is 0. The zero-order chi connectivity index (χ0) is 21.2. The van der Waals surface area contributed by atoms with E-state index >= 15 is 0 Å². The molecule has 0 saturated heterocycles. The number of anilines is 1. The largest absolute Gasteiger partial charge is 0.494 e. The van der Waals surface area contributed by atoms with Gasteiger partial charge in [-0.3, -0.25) is 0 Å². The Morgan fingerprint density at radius 3 is 2.10 bits per heavy atom. The lowest BCUT2D eigenvalue weighted by molar-refractivity contribution is 0.234. The Morgan fingerprint density at radius 2 is 1.43 bits per heavy atom. The number of benzene rings is 3. The second-order valence-electron chi connectivity index (χ2n) is 8.00. The molecule has 0 bridgehead atoms. The van der Waals surface area contributed by atoms with E-state index < -0.39 is 0 Å². The summed E-state index contributed by atoms with van der Waals surface area (Å²) in [5.41, 5.74) is 3.75. The van der Waals surface area contributed by atoms with Crippen LogP contribution in [0.4, 0.5) is 5.69 Å². The van der Waals surface area contributed by atoms with Gasteiger partial charge in [-0.1, -0.05) is 56.3 Å². The monoisotopic (exact) mass is 403 g/mol. The van der Waals surface area contributed by atoms with Crippen LogP contribution < -0.4 is 14.8 Å². The summed E-state index contributed by atoms with van der Waals surface area (Å²) >= 11 is 0. The topological polar surface area (TPSA) is 30.5 Å². The van der Waals surface area contributed by atoms with Crippen LogP contribution in [0.3, 0.4) is 0 Å². The van der Waals surface area contributed by atoms with Crippen LogP contribution in [0.25, 0.3) is 0 Å². The molecule has 3 aromatic rings. The highest BCUT2D eigenvalue weighted by atomic mass is 16.5. The molecule has 0 radical (unpaired) electrons. The van der Waals surface area contributed by atoms with Crippen molar-refractivity contribution < 1.29 is 9.47 Å². The molecule has 3 aromatic carbocycles. The Morgan fingerprint density at radius 1 is 0.767 bits per heavy atom. The summed E-state index contributed by atoms with van der Waals surface area (Å²) in [6.07, 6.45) is 2.12. The maximum absolute atomic E-state index is 6.01. The number of aryl methyl sites for hydroxylation is 1. The first-order chi connectivity index (χ1) is 14.6. The fraction of sp³-hybridized carbons (Fsp3) is 0.333. The summed E-state index contributed by atoms with van der Waals surface area (Å²) < 4.78 is 11.9. The third-order valence-electron chi connectivity index (χ3n) is 5.05. The second-order valence-corrected chi connectivity index (χ2v) is 8.00. The van der Waals surface area contributed by atoms with Crippen molar-refractivity contribution in [2.24, 2.45) is 0 Å².